The fourth-order valence-corrected chi connectivity index (χ4v) is 4.24. The van der Waals surface area contributed by atoms with Crippen LogP contribution in [0.5, 0.6) is 0 Å². The molecule has 1 amide bonds. The van der Waals surface area contributed by atoms with E-state index in [1.165, 1.54) is 16.7 Å². The zero-order valence-corrected chi connectivity index (χ0v) is 17.2. The molecule has 0 bridgehead atoms. The maximum Gasteiger partial charge on any atom is 0.223 e. The first-order valence-corrected chi connectivity index (χ1v) is 10.8. The van der Waals surface area contributed by atoms with Crippen LogP contribution in [0.3, 0.4) is 0 Å². The van der Waals surface area contributed by atoms with Crippen LogP contribution in [0.15, 0.2) is 60.7 Å². The molecule has 4 rings (SSSR count). The average Bonchev–Trinajstić information content (AvgIpc) is 2.78. The molecule has 2 aromatic carbocycles. The van der Waals surface area contributed by atoms with Crippen LogP contribution >= 0.6 is 0 Å². The smallest absolute Gasteiger partial charge is 0.223 e. The Labute approximate surface area is 174 Å². The van der Waals surface area contributed by atoms with Gasteiger partial charge in [0.15, 0.2) is 0 Å². The lowest BCUT2D eigenvalue weighted by Crippen LogP contribution is -2.49. The lowest BCUT2D eigenvalue weighted by molar-refractivity contribution is -0.133. The van der Waals surface area contributed by atoms with Crippen molar-refractivity contribution in [3.05, 3.63) is 77.4 Å². The zero-order valence-electron chi connectivity index (χ0n) is 17.2. The van der Waals surface area contributed by atoms with Gasteiger partial charge < -0.3 is 4.90 Å². The summed E-state index contributed by atoms with van der Waals surface area (Å²) in [7, 11) is 0. The fourth-order valence-electron chi connectivity index (χ4n) is 4.24. The Bertz CT molecular complexity index is 825. The van der Waals surface area contributed by atoms with Gasteiger partial charge in [-0.25, -0.2) is 0 Å². The Kier molecular flexibility index (Phi) is 6.75. The molecule has 4 nitrogen and oxygen atoms in total. The van der Waals surface area contributed by atoms with Gasteiger partial charge in [0.05, 0.1) is 0 Å². The van der Waals surface area contributed by atoms with E-state index in [0.29, 0.717) is 12.3 Å². The molecule has 2 heterocycles. The van der Waals surface area contributed by atoms with Crippen LogP contribution in [0.4, 0.5) is 0 Å². The predicted molar refractivity (Wildman–Crippen MR) is 119 cm³/mol. The Balaban J connectivity index is 1.16. The zero-order chi connectivity index (χ0) is 19.9. The second-order valence-electron chi connectivity index (χ2n) is 8.04. The Morgan fingerprint density at radius 2 is 1.55 bits per heavy atom. The highest BCUT2D eigenvalue weighted by atomic mass is 16.2. The van der Waals surface area contributed by atoms with Gasteiger partial charge in [-0.15, -0.1) is 0 Å². The van der Waals surface area contributed by atoms with Crippen molar-refractivity contribution in [1.82, 2.24) is 14.7 Å². The number of rotatable bonds is 6. The molecular weight excluding hydrogens is 358 g/mol. The van der Waals surface area contributed by atoms with E-state index < -0.39 is 0 Å². The van der Waals surface area contributed by atoms with Crippen molar-refractivity contribution in [1.29, 1.82) is 0 Å². The van der Waals surface area contributed by atoms with E-state index in [9.17, 15) is 4.79 Å². The molecule has 1 fully saturated rings. The number of hydrogen-bond acceptors (Lipinski definition) is 3. The van der Waals surface area contributed by atoms with Gasteiger partial charge in [0.25, 0.3) is 0 Å². The lowest BCUT2D eigenvalue weighted by atomic mass is 10.00. The number of carbonyl (C=O) groups is 1. The fraction of sp³-hybridized carbons (Fsp3) is 0.400. The highest BCUT2D eigenvalue weighted by molar-refractivity contribution is 5.76. The third-order valence-electron chi connectivity index (χ3n) is 6.05. The van der Waals surface area contributed by atoms with Gasteiger partial charge in [-0.2, -0.15) is 0 Å². The number of nitrogens with zero attached hydrogens (tertiary/aromatic N) is 3. The van der Waals surface area contributed by atoms with Gasteiger partial charge in [0.1, 0.15) is 0 Å². The molecule has 2 aliphatic heterocycles. The summed E-state index contributed by atoms with van der Waals surface area (Å²) in [6.45, 7) is 7.47. The first-order chi connectivity index (χ1) is 14.3. The summed E-state index contributed by atoms with van der Waals surface area (Å²) < 4.78 is 0. The third kappa shape index (κ3) is 5.55. The summed E-state index contributed by atoms with van der Waals surface area (Å²) in [5.74, 6) is 0.309. The minimum atomic E-state index is 0.309. The van der Waals surface area contributed by atoms with Crippen molar-refractivity contribution in [2.75, 3.05) is 45.8 Å². The molecule has 0 spiro atoms. The molecule has 2 aromatic rings. The van der Waals surface area contributed by atoms with E-state index >= 15 is 0 Å². The molecule has 0 radical (unpaired) electrons. The SMILES string of the molecule is O=C(CCN1CCc2ccccc2C1)N1CCN(C/C=C/c2ccccc2)CC1. The largest absolute Gasteiger partial charge is 0.340 e. The van der Waals surface area contributed by atoms with Crippen molar-refractivity contribution in [3.63, 3.8) is 0 Å². The summed E-state index contributed by atoms with van der Waals surface area (Å²) in [4.78, 5) is 19.6. The number of amides is 1. The van der Waals surface area contributed by atoms with Crippen LogP contribution in [-0.4, -0.2) is 66.4 Å². The standard InChI is InChI=1S/C25H31N3O/c29-25(13-16-27-15-12-23-10-4-5-11-24(23)21-27)28-19-17-26(18-20-28)14-6-9-22-7-2-1-3-8-22/h1-11H,12-21H2/b9-6+. The van der Waals surface area contributed by atoms with Crippen LogP contribution in [0.25, 0.3) is 6.08 Å². The Hall–Kier alpha value is -2.43. The number of piperazine rings is 1. The Morgan fingerprint density at radius 3 is 2.34 bits per heavy atom. The number of carbonyl (C=O) groups excluding carboxylic acids is 1. The highest BCUT2D eigenvalue weighted by Gasteiger charge is 2.22. The van der Waals surface area contributed by atoms with Crippen molar-refractivity contribution in [2.24, 2.45) is 0 Å². The first kappa shape index (κ1) is 19.9. The van der Waals surface area contributed by atoms with E-state index in [1.54, 1.807) is 0 Å². The molecule has 0 atom stereocenters. The summed E-state index contributed by atoms with van der Waals surface area (Å²) >= 11 is 0. The van der Waals surface area contributed by atoms with E-state index in [4.69, 9.17) is 0 Å². The molecule has 2 aliphatic rings. The van der Waals surface area contributed by atoms with Crippen molar-refractivity contribution in [2.45, 2.75) is 19.4 Å². The topological polar surface area (TPSA) is 26.8 Å². The number of benzene rings is 2. The van der Waals surface area contributed by atoms with Gasteiger partial charge in [0.2, 0.25) is 5.91 Å². The van der Waals surface area contributed by atoms with Gasteiger partial charge >= 0.3 is 0 Å². The normalized spacial score (nSPS) is 18.1. The molecule has 0 aromatic heterocycles. The summed E-state index contributed by atoms with van der Waals surface area (Å²) in [5, 5.41) is 0. The summed E-state index contributed by atoms with van der Waals surface area (Å²) in [5.41, 5.74) is 4.12. The van der Waals surface area contributed by atoms with E-state index in [2.05, 4.69) is 75.4 Å². The molecular formula is C25H31N3O. The highest BCUT2D eigenvalue weighted by Crippen LogP contribution is 2.18. The number of fused-ring (bicyclic) bond motifs is 1. The van der Waals surface area contributed by atoms with E-state index in [0.717, 1.165) is 58.8 Å². The first-order valence-electron chi connectivity index (χ1n) is 10.8. The molecule has 0 unspecified atom stereocenters. The monoisotopic (exact) mass is 389 g/mol. The van der Waals surface area contributed by atoms with Crippen LogP contribution in [-0.2, 0) is 17.8 Å². The molecule has 0 N–H and O–H groups in total. The lowest BCUT2D eigenvalue weighted by Gasteiger charge is -2.35. The summed E-state index contributed by atoms with van der Waals surface area (Å²) in [6.07, 6.45) is 6.13. The maximum absolute atomic E-state index is 12.7. The van der Waals surface area contributed by atoms with Crippen molar-refractivity contribution < 1.29 is 4.79 Å². The molecule has 29 heavy (non-hydrogen) atoms. The van der Waals surface area contributed by atoms with Crippen LogP contribution in [0.1, 0.15) is 23.1 Å². The second-order valence-corrected chi connectivity index (χ2v) is 8.04. The van der Waals surface area contributed by atoms with Gasteiger partial charge in [-0.3, -0.25) is 14.6 Å². The van der Waals surface area contributed by atoms with E-state index in [-0.39, 0.29) is 0 Å². The van der Waals surface area contributed by atoms with Gasteiger partial charge in [0, 0.05) is 58.8 Å². The molecule has 1 saturated heterocycles. The third-order valence-corrected chi connectivity index (χ3v) is 6.05. The Morgan fingerprint density at radius 1 is 0.828 bits per heavy atom. The predicted octanol–water partition coefficient (Wildman–Crippen LogP) is 3.29. The van der Waals surface area contributed by atoms with Gasteiger partial charge in [-0.05, 0) is 23.1 Å². The van der Waals surface area contributed by atoms with E-state index in [1.807, 2.05) is 6.07 Å². The minimum Gasteiger partial charge on any atom is -0.340 e. The molecule has 0 saturated carbocycles. The molecule has 0 aliphatic carbocycles. The quantitative estimate of drug-likeness (QED) is 0.759. The van der Waals surface area contributed by atoms with Gasteiger partial charge in [-0.1, -0.05) is 66.7 Å². The number of hydrogen-bond donors (Lipinski definition) is 0. The summed E-state index contributed by atoms with van der Waals surface area (Å²) in [6, 6.07) is 19.1. The minimum absolute atomic E-state index is 0.309. The van der Waals surface area contributed by atoms with Crippen LogP contribution in [0.2, 0.25) is 0 Å². The maximum atomic E-state index is 12.7. The van der Waals surface area contributed by atoms with Crippen LogP contribution in [0, 0.1) is 0 Å². The second kappa shape index (κ2) is 9.86. The van der Waals surface area contributed by atoms with Crippen LogP contribution < -0.4 is 0 Å². The van der Waals surface area contributed by atoms with Crippen molar-refractivity contribution in [3.8, 4) is 0 Å². The molecule has 152 valence electrons. The average molecular weight is 390 g/mol. The molecule has 4 heteroatoms. The van der Waals surface area contributed by atoms with Crippen molar-refractivity contribution >= 4 is 12.0 Å².